The molecule has 0 fully saturated rings. The molecule has 0 spiro atoms. The molecule has 1 heterocycles. The summed E-state index contributed by atoms with van der Waals surface area (Å²) in [6.07, 6.45) is 1.68. The standard InChI is InChI=1S/C13H18N2O5S/c1-9(2)12(17)20-8-4-3-7-19-11(16)6-5-10-13(18)21-15-14-10/h10H,1,3-8H2,2H3. The summed E-state index contributed by atoms with van der Waals surface area (Å²) in [6, 6.07) is -0.524. The molecule has 0 aromatic heterocycles. The number of rotatable bonds is 9. The van der Waals surface area contributed by atoms with Gasteiger partial charge in [-0.3, -0.25) is 9.59 Å². The van der Waals surface area contributed by atoms with Crippen LogP contribution in [0.1, 0.15) is 32.6 Å². The summed E-state index contributed by atoms with van der Waals surface area (Å²) >= 11 is 0.808. The van der Waals surface area contributed by atoms with Gasteiger partial charge in [0.05, 0.1) is 25.2 Å². The molecule has 1 atom stereocenters. The monoisotopic (exact) mass is 314 g/mol. The Labute approximate surface area is 127 Å². The summed E-state index contributed by atoms with van der Waals surface area (Å²) in [4.78, 5) is 33.7. The highest BCUT2D eigenvalue weighted by molar-refractivity contribution is 8.12. The zero-order valence-corrected chi connectivity index (χ0v) is 12.7. The second kappa shape index (κ2) is 9.28. The van der Waals surface area contributed by atoms with Crippen LogP contribution in [0.4, 0.5) is 0 Å². The lowest BCUT2D eigenvalue weighted by molar-refractivity contribution is -0.145. The van der Waals surface area contributed by atoms with Crippen LogP contribution in [0, 0.1) is 0 Å². The van der Waals surface area contributed by atoms with Gasteiger partial charge in [0.1, 0.15) is 6.04 Å². The molecule has 0 amide bonds. The Morgan fingerprint density at radius 1 is 1.29 bits per heavy atom. The first-order valence-corrected chi connectivity index (χ1v) is 7.37. The molecular formula is C13H18N2O5S. The predicted molar refractivity (Wildman–Crippen MR) is 76.4 cm³/mol. The number of carbonyl (C=O) groups excluding carboxylic acids is 3. The SMILES string of the molecule is C=C(C)C(=O)OCCCCOC(=O)CCC1N=NSC1=O. The summed E-state index contributed by atoms with van der Waals surface area (Å²) in [5.41, 5.74) is 0.359. The first kappa shape index (κ1) is 17.4. The number of unbranched alkanes of at least 4 members (excludes halogenated alkanes) is 1. The number of nitrogens with zero attached hydrogens (tertiary/aromatic N) is 2. The van der Waals surface area contributed by atoms with E-state index in [0.29, 0.717) is 24.8 Å². The lowest BCUT2D eigenvalue weighted by Crippen LogP contribution is -2.15. The third-order valence-corrected chi connectivity index (χ3v) is 3.22. The smallest absolute Gasteiger partial charge is 0.333 e. The van der Waals surface area contributed by atoms with E-state index in [1.54, 1.807) is 6.92 Å². The lowest BCUT2D eigenvalue weighted by atomic mass is 10.2. The maximum Gasteiger partial charge on any atom is 0.333 e. The van der Waals surface area contributed by atoms with Gasteiger partial charge in [0.25, 0.3) is 0 Å². The third-order valence-electron chi connectivity index (χ3n) is 2.59. The van der Waals surface area contributed by atoms with Crippen molar-refractivity contribution in [1.29, 1.82) is 0 Å². The Morgan fingerprint density at radius 3 is 2.52 bits per heavy atom. The van der Waals surface area contributed by atoms with Crippen LogP contribution < -0.4 is 0 Å². The number of esters is 2. The van der Waals surface area contributed by atoms with Crippen molar-refractivity contribution in [2.75, 3.05) is 13.2 Å². The van der Waals surface area contributed by atoms with Crippen molar-refractivity contribution in [3.8, 4) is 0 Å². The minimum Gasteiger partial charge on any atom is -0.466 e. The molecule has 7 nitrogen and oxygen atoms in total. The van der Waals surface area contributed by atoms with Gasteiger partial charge in [-0.25, -0.2) is 4.79 Å². The fourth-order valence-electron chi connectivity index (χ4n) is 1.41. The average molecular weight is 314 g/mol. The average Bonchev–Trinajstić information content (AvgIpc) is 2.85. The Morgan fingerprint density at radius 2 is 1.95 bits per heavy atom. The van der Waals surface area contributed by atoms with Crippen molar-refractivity contribution >= 4 is 29.0 Å². The molecule has 0 radical (unpaired) electrons. The Bertz CT molecular complexity index is 450. The zero-order valence-electron chi connectivity index (χ0n) is 11.9. The van der Waals surface area contributed by atoms with E-state index in [9.17, 15) is 14.4 Å². The number of hydrogen-bond donors (Lipinski definition) is 0. The van der Waals surface area contributed by atoms with Crippen molar-refractivity contribution in [1.82, 2.24) is 0 Å². The highest BCUT2D eigenvalue weighted by atomic mass is 32.2. The minimum atomic E-state index is -0.524. The molecule has 0 aromatic rings. The molecule has 0 saturated heterocycles. The summed E-state index contributed by atoms with van der Waals surface area (Å²) in [6.45, 7) is 5.59. The first-order chi connectivity index (χ1) is 10.0. The number of hydrogen-bond acceptors (Lipinski definition) is 8. The first-order valence-electron chi connectivity index (χ1n) is 6.60. The summed E-state index contributed by atoms with van der Waals surface area (Å²) in [5, 5.41) is 3.58. The van der Waals surface area contributed by atoms with E-state index in [4.69, 9.17) is 9.47 Å². The van der Waals surface area contributed by atoms with E-state index in [-0.39, 0.29) is 30.7 Å². The van der Waals surface area contributed by atoms with E-state index < -0.39 is 12.0 Å². The Kier molecular flexibility index (Phi) is 7.66. The number of ether oxygens (including phenoxy) is 2. The number of carbonyl (C=O) groups is 3. The zero-order chi connectivity index (χ0) is 15.7. The summed E-state index contributed by atoms with van der Waals surface area (Å²) in [5.74, 6) is -0.783. The third kappa shape index (κ3) is 7.03. The second-order valence-corrected chi connectivity index (χ2v) is 5.25. The van der Waals surface area contributed by atoms with Crippen LogP contribution in [-0.4, -0.2) is 36.3 Å². The van der Waals surface area contributed by atoms with Gasteiger partial charge < -0.3 is 9.47 Å². The van der Waals surface area contributed by atoms with Crippen LogP contribution in [0.25, 0.3) is 0 Å². The molecule has 1 unspecified atom stereocenters. The quantitative estimate of drug-likeness (QED) is 0.280. The lowest BCUT2D eigenvalue weighted by Gasteiger charge is -2.06. The molecule has 0 saturated carbocycles. The van der Waals surface area contributed by atoms with Gasteiger partial charge in [-0.1, -0.05) is 6.58 Å². The van der Waals surface area contributed by atoms with Crippen molar-refractivity contribution in [2.45, 2.75) is 38.6 Å². The molecule has 0 bridgehead atoms. The van der Waals surface area contributed by atoms with Gasteiger partial charge >= 0.3 is 11.9 Å². The van der Waals surface area contributed by atoms with E-state index in [1.165, 1.54) is 0 Å². The summed E-state index contributed by atoms with van der Waals surface area (Å²) in [7, 11) is 0. The van der Waals surface area contributed by atoms with Crippen LogP contribution in [0.3, 0.4) is 0 Å². The van der Waals surface area contributed by atoms with Crippen LogP contribution >= 0.6 is 11.9 Å². The van der Waals surface area contributed by atoms with Crippen molar-refractivity contribution in [3.05, 3.63) is 12.2 Å². The van der Waals surface area contributed by atoms with Crippen LogP contribution in [0.2, 0.25) is 0 Å². The van der Waals surface area contributed by atoms with Crippen LogP contribution in [0.5, 0.6) is 0 Å². The van der Waals surface area contributed by atoms with Gasteiger partial charge in [0.15, 0.2) is 0 Å². The van der Waals surface area contributed by atoms with Crippen LogP contribution in [0.15, 0.2) is 21.8 Å². The molecule has 0 aromatic carbocycles. The highest BCUT2D eigenvalue weighted by Crippen LogP contribution is 2.22. The molecule has 0 aliphatic carbocycles. The molecule has 116 valence electrons. The van der Waals surface area contributed by atoms with Gasteiger partial charge in [-0.05, 0) is 26.2 Å². The maximum atomic E-state index is 11.4. The van der Waals surface area contributed by atoms with E-state index in [1.807, 2.05) is 0 Å². The predicted octanol–water partition coefficient (Wildman–Crippen LogP) is 2.22. The molecular weight excluding hydrogens is 296 g/mol. The molecule has 8 heteroatoms. The van der Waals surface area contributed by atoms with Gasteiger partial charge in [-0.2, -0.15) is 5.11 Å². The normalized spacial score (nSPS) is 16.8. The second-order valence-electron chi connectivity index (χ2n) is 4.51. The Balaban J connectivity index is 1.98. The van der Waals surface area contributed by atoms with Crippen molar-refractivity contribution in [2.24, 2.45) is 9.63 Å². The molecule has 21 heavy (non-hydrogen) atoms. The minimum absolute atomic E-state index is 0.137. The van der Waals surface area contributed by atoms with E-state index in [0.717, 1.165) is 11.9 Å². The molecule has 1 rings (SSSR count). The largest absolute Gasteiger partial charge is 0.466 e. The van der Waals surface area contributed by atoms with Crippen LogP contribution in [-0.2, 0) is 23.9 Å². The van der Waals surface area contributed by atoms with E-state index >= 15 is 0 Å². The maximum absolute atomic E-state index is 11.4. The molecule has 1 aliphatic heterocycles. The topological polar surface area (TPSA) is 94.4 Å². The van der Waals surface area contributed by atoms with E-state index in [2.05, 4.69) is 16.2 Å². The van der Waals surface area contributed by atoms with Gasteiger partial charge in [0.2, 0.25) is 5.12 Å². The fourth-order valence-corrected chi connectivity index (χ4v) is 1.94. The molecule has 0 N–H and O–H groups in total. The van der Waals surface area contributed by atoms with Crippen molar-refractivity contribution in [3.63, 3.8) is 0 Å². The van der Waals surface area contributed by atoms with Gasteiger partial charge in [0, 0.05) is 12.0 Å². The molecule has 1 aliphatic rings. The fraction of sp³-hybridized carbons (Fsp3) is 0.615. The highest BCUT2D eigenvalue weighted by Gasteiger charge is 2.24. The Hall–Kier alpha value is -1.70. The van der Waals surface area contributed by atoms with Gasteiger partial charge in [-0.15, -0.1) is 4.52 Å². The van der Waals surface area contributed by atoms with Crippen molar-refractivity contribution < 1.29 is 23.9 Å². The summed E-state index contributed by atoms with van der Waals surface area (Å²) < 4.78 is 13.4.